The maximum Gasteiger partial charge on any atom is 0.0966 e. The van der Waals surface area contributed by atoms with Crippen molar-refractivity contribution < 1.29 is 4.48 Å². The second-order valence-corrected chi connectivity index (χ2v) is 4.55. The van der Waals surface area contributed by atoms with E-state index in [2.05, 4.69) is 14.0 Å². The van der Waals surface area contributed by atoms with Crippen molar-refractivity contribution >= 4 is 0 Å². The van der Waals surface area contributed by atoms with Gasteiger partial charge in [-0.05, 0) is 6.92 Å². The molecular formula is C11H24N+. The van der Waals surface area contributed by atoms with Crippen LogP contribution in [0.15, 0.2) is 0 Å². The van der Waals surface area contributed by atoms with Gasteiger partial charge in [0.15, 0.2) is 0 Å². The summed E-state index contributed by atoms with van der Waals surface area (Å²) in [5.74, 6) is 0. The molecule has 2 aliphatic heterocycles. The Hall–Kier alpha value is -0.0400. The number of rotatable bonds is 0. The molecule has 2 heterocycles. The Bertz CT molecular complexity index is 125. The van der Waals surface area contributed by atoms with Crippen LogP contribution < -0.4 is 0 Å². The average molecular weight is 170 g/mol. The molecule has 1 nitrogen and oxygen atoms in total. The fraction of sp³-hybridized carbons (Fsp3) is 1.00. The van der Waals surface area contributed by atoms with Crippen LogP contribution in [0.3, 0.4) is 0 Å². The SMILES string of the molecule is CC.CC12CCC[N+]1(C)CCC2. The molecule has 0 aliphatic carbocycles. The molecule has 0 aromatic rings. The summed E-state index contributed by atoms with van der Waals surface area (Å²) in [6, 6.07) is 0. The number of nitrogens with zero attached hydrogens (tertiary/aromatic N) is 1. The first-order chi connectivity index (χ1) is 5.66. The van der Waals surface area contributed by atoms with Crippen LogP contribution in [0.2, 0.25) is 0 Å². The van der Waals surface area contributed by atoms with Crippen molar-refractivity contribution in [3.05, 3.63) is 0 Å². The van der Waals surface area contributed by atoms with E-state index < -0.39 is 0 Å². The van der Waals surface area contributed by atoms with Crippen LogP contribution >= 0.6 is 0 Å². The lowest BCUT2D eigenvalue weighted by molar-refractivity contribution is -0.931. The molecule has 0 spiro atoms. The molecular weight excluding hydrogens is 146 g/mol. The maximum absolute atomic E-state index is 2.48. The van der Waals surface area contributed by atoms with Crippen LogP contribution in [-0.4, -0.2) is 30.2 Å². The minimum Gasteiger partial charge on any atom is -0.321 e. The third-order valence-electron chi connectivity index (χ3n) is 4.04. The summed E-state index contributed by atoms with van der Waals surface area (Å²) in [6.07, 6.45) is 5.88. The first-order valence-corrected chi connectivity index (χ1v) is 5.51. The zero-order chi connectivity index (χ0) is 9.24. The molecule has 2 fully saturated rings. The lowest BCUT2D eigenvalue weighted by atomic mass is 9.96. The van der Waals surface area contributed by atoms with E-state index in [1.807, 2.05) is 13.8 Å². The van der Waals surface area contributed by atoms with E-state index in [-0.39, 0.29) is 0 Å². The third kappa shape index (κ3) is 1.28. The lowest BCUT2D eigenvalue weighted by Crippen LogP contribution is -2.51. The van der Waals surface area contributed by atoms with Crippen molar-refractivity contribution in [2.24, 2.45) is 0 Å². The van der Waals surface area contributed by atoms with Crippen LogP contribution in [0.5, 0.6) is 0 Å². The van der Waals surface area contributed by atoms with Crippen LogP contribution in [0.4, 0.5) is 0 Å². The maximum atomic E-state index is 2.48. The number of hydrogen-bond acceptors (Lipinski definition) is 0. The molecule has 1 heteroatoms. The Morgan fingerprint density at radius 3 is 1.75 bits per heavy atom. The monoisotopic (exact) mass is 170 g/mol. The molecule has 0 unspecified atom stereocenters. The molecule has 0 amide bonds. The van der Waals surface area contributed by atoms with E-state index >= 15 is 0 Å². The lowest BCUT2D eigenvalue weighted by Gasteiger charge is -2.38. The minimum atomic E-state index is 0.681. The molecule has 0 aromatic carbocycles. The fourth-order valence-electron chi connectivity index (χ4n) is 2.93. The van der Waals surface area contributed by atoms with E-state index in [9.17, 15) is 0 Å². The van der Waals surface area contributed by atoms with Gasteiger partial charge >= 0.3 is 0 Å². The first kappa shape index (κ1) is 10.0. The molecule has 12 heavy (non-hydrogen) atoms. The second-order valence-electron chi connectivity index (χ2n) is 4.55. The van der Waals surface area contributed by atoms with Crippen LogP contribution in [-0.2, 0) is 0 Å². The van der Waals surface area contributed by atoms with E-state index in [1.165, 1.54) is 43.3 Å². The number of quaternary nitrogens is 1. The van der Waals surface area contributed by atoms with Gasteiger partial charge in [-0.3, -0.25) is 0 Å². The Labute approximate surface area is 77.4 Å². The average Bonchev–Trinajstić information content (AvgIpc) is 2.45. The largest absolute Gasteiger partial charge is 0.321 e. The molecule has 72 valence electrons. The first-order valence-electron chi connectivity index (χ1n) is 5.51. The van der Waals surface area contributed by atoms with E-state index in [0.29, 0.717) is 5.54 Å². The highest BCUT2D eigenvalue weighted by molar-refractivity contribution is 4.85. The van der Waals surface area contributed by atoms with Crippen molar-refractivity contribution in [2.45, 2.75) is 52.0 Å². The van der Waals surface area contributed by atoms with Gasteiger partial charge in [0.05, 0.1) is 25.7 Å². The van der Waals surface area contributed by atoms with Crippen molar-refractivity contribution in [3.63, 3.8) is 0 Å². The summed E-state index contributed by atoms with van der Waals surface area (Å²) in [6.45, 7) is 9.36. The summed E-state index contributed by atoms with van der Waals surface area (Å²) in [5, 5.41) is 0. The minimum absolute atomic E-state index is 0.681. The van der Waals surface area contributed by atoms with Crippen LogP contribution in [0.25, 0.3) is 0 Å². The number of fused-ring (bicyclic) bond motifs is 1. The van der Waals surface area contributed by atoms with Crippen molar-refractivity contribution in [1.82, 2.24) is 0 Å². The van der Waals surface area contributed by atoms with Gasteiger partial charge < -0.3 is 4.48 Å². The molecule has 0 N–H and O–H groups in total. The second kappa shape index (κ2) is 3.37. The molecule has 2 saturated heterocycles. The molecule has 0 saturated carbocycles. The summed E-state index contributed by atoms with van der Waals surface area (Å²) in [7, 11) is 2.44. The third-order valence-corrected chi connectivity index (χ3v) is 4.04. The van der Waals surface area contributed by atoms with Gasteiger partial charge in [-0.2, -0.15) is 0 Å². The van der Waals surface area contributed by atoms with Crippen LogP contribution in [0.1, 0.15) is 46.5 Å². The smallest absolute Gasteiger partial charge is 0.0966 e. The van der Waals surface area contributed by atoms with Gasteiger partial charge in [-0.15, -0.1) is 0 Å². The molecule has 0 bridgehead atoms. The molecule has 2 rings (SSSR count). The zero-order valence-electron chi connectivity index (χ0n) is 9.19. The van der Waals surface area contributed by atoms with Crippen molar-refractivity contribution in [3.8, 4) is 0 Å². The predicted molar refractivity (Wildman–Crippen MR) is 54.1 cm³/mol. The standard InChI is InChI=1S/C9H18N.C2H6/c1-9-5-3-7-10(9,2)8-4-6-9;1-2/h3-8H2,1-2H3;1-2H3/q+1;. The molecule has 0 radical (unpaired) electrons. The highest BCUT2D eigenvalue weighted by Crippen LogP contribution is 2.43. The Balaban J connectivity index is 0.000000336. The van der Waals surface area contributed by atoms with Gasteiger partial charge in [0.2, 0.25) is 0 Å². The summed E-state index contributed by atoms with van der Waals surface area (Å²) < 4.78 is 1.38. The quantitative estimate of drug-likeness (QED) is 0.490. The summed E-state index contributed by atoms with van der Waals surface area (Å²) in [5.41, 5.74) is 0.681. The normalized spacial score (nSPS) is 45.0. The van der Waals surface area contributed by atoms with Gasteiger partial charge in [0.25, 0.3) is 0 Å². The highest BCUT2D eigenvalue weighted by atomic mass is 15.4. The Morgan fingerprint density at radius 2 is 1.42 bits per heavy atom. The topological polar surface area (TPSA) is 0 Å². The van der Waals surface area contributed by atoms with E-state index in [0.717, 1.165) is 0 Å². The van der Waals surface area contributed by atoms with E-state index in [4.69, 9.17) is 0 Å². The zero-order valence-corrected chi connectivity index (χ0v) is 9.19. The van der Waals surface area contributed by atoms with Crippen LogP contribution in [0, 0.1) is 0 Å². The van der Waals surface area contributed by atoms with E-state index in [1.54, 1.807) is 0 Å². The Kier molecular flexibility index (Phi) is 2.82. The fourth-order valence-corrected chi connectivity index (χ4v) is 2.93. The predicted octanol–water partition coefficient (Wildman–Crippen LogP) is 2.81. The van der Waals surface area contributed by atoms with Gasteiger partial charge in [-0.1, -0.05) is 13.8 Å². The summed E-state index contributed by atoms with van der Waals surface area (Å²) in [4.78, 5) is 0. The Morgan fingerprint density at radius 1 is 1.00 bits per heavy atom. The van der Waals surface area contributed by atoms with Gasteiger partial charge in [0.1, 0.15) is 0 Å². The highest BCUT2D eigenvalue weighted by Gasteiger charge is 2.51. The molecule has 2 aliphatic rings. The van der Waals surface area contributed by atoms with Crippen molar-refractivity contribution in [2.75, 3.05) is 20.1 Å². The van der Waals surface area contributed by atoms with Gasteiger partial charge in [-0.25, -0.2) is 0 Å². The molecule has 0 aromatic heterocycles. The van der Waals surface area contributed by atoms with Gasteiger partial charge in [0, 0.05) is 25.7 Å². The molecule has 0 atom stereocenters. The summed E-state index contributed by atoms with van der Waals surface area (Å²) >= 11 is 0. The number of hydrogen-bond donors (Lipinski definition) is 0. The van der Waals surface area contributed by atoms with Crippen molar-refractivity contribution in [1.29, 1.82) is 0 Å².